The molecule has 178 valence electrons. The van der Waals surface area contributed by atoms with Crippen LogP contribution < -0.4 is 14.8 Å². The van der Waals surface area contributed by atoms with E-state index >= 15 is 0 Å². The summed E-state index contributed by atoms with van der Waals surface area (Å²) >= 11 is 11.1. The van der Waals surface area contributed by atoms with Crippen LogP contribution in [0.4, 0.5) is 11.4 Å². The van der Waals surface area contributed by atoms with E-state index in [1.807, 2.05) is 0 Å². The molecule has 1 heterocycles. The Kier molecular flexibility index (Phi) is 7.74. The molecule has 11 heteroatoms. The van der Waals surface area contributed by atoms with Crippen molar-refractivity contribution in [3.63, 3.8) is 0 Å². The minimum atomic E-state index is -0.456. The van der Waals surface area contributed by atoms with Gasteiger partial charge in [-0.3, -0.25) is 14.9 Å². The van der Waals surface area contributed by atoms with Crippen molar-refractivity contribution < 1.29 is 19.2 Å². The summed E-state index contributed by atoms with van der Waals surface area (Å²) in [7, 11) is 1.59. The maximum Gasteiger partial charge on any atom is 0.269 e. The van der Waals surface area contributed by atoms with E-state index in [4.69, 9.17) is 21.1 Å². The molecule has 1 aliphatic rings. The summed E-state index contributed by atoms with van der Waals surface area (Å²) in [6.45, 7) is 0.181. The average molecular weight is 575 g/mol. The van der Waals surface area contributed by atoms with Gasteiger partial charge in [-0.25, -0.2) is 4.99 Å². The Hall–Kier alpha value is -3.34. The number of methoxy groups -OCH3 is 1. The number of nitro groups is 1. The molecule has 0 aliphatic carbocycles. The molecule has 0 aromatic heterocycles. The number of non-ortho nitro benzene ring substituents is 1. The number of amidine groups is 1. The monoisotopic (exact) mass is 573 g/mol. The number of hydrogen-bond donors (Lipinski definition) is 1. The summed E-state index contributed by atoms with van der Waals surface area (Å²) in [5.41, 5.74) is 2.16. The molecule has 0 bridgehead atoms. The zero-order valence-electron chi connectivity index (χ0n) is 18.2. The number of carbonyl (C=O) groups excluding carboxylic acids is 1. The lowest BCUT2D eigenvalue weighted by atomic mass is 10.2. The standard InChI is InChI=1S/C24H17BrClN3O5S/c1-33-18-8-4-16(5-9-18)27-24-28-23(30)21(35-24)12-15-10-19(25)22(20(26)11-15)34-13-14-2-6-17(7-3-14)29(31)32/h2-12H,13H2,1H3,(H,27,28,30)/b21-12+. The number of nitrogens with zero attached hydrogens (tertiary/aromatic N) is 2. The number of amides is 1. The molecule has 3 aromatic rings. The summed E-state index contributed by atoms with van der Waals surface area (Å²) in [5, 5.41) is 14.4. The van der Waals surface area contributed by atoms with E-state index in [1.54, 1.807) is 61.7 Å². The predicted molar refractivity (Wildman–Crippen MR) is 140 cm³/mol. The van der Waals surface area contributed by atoms with Crippen molar-refractivity contribution in [2.24, 2.45) is 4.99 Å². The zero-order valence-corrected chi connectivity index (χ0v) is 21.3. The number of nitro benzene ring substituents is 1. The summed E-state index contributed by atoms with van der Waals surface area (Å²) < 4.78 is 11.6. The number of carbonyl (C=O) groups is 1. The third-order valence-corrected chi connectivity index (χ3v) is 6.58. The lowest BCUT2D eigenvalue weighted by Crippen LogP contribution is -2.19. The molecule has 1 N–H and O–H groups in total. The van der Waals surface area contributed by atoms with Gasteiger partial charge in [-0.2, -0.15) is 0 Å². The van der Waals surface area contributed by atoms with Crippen LogP contribution in [-0.4, -0.2) is 23.1 Å². The van der Waals surface area contributed by atoms with E-state index in [9.17, 15) is 14.9 Å². The maximum atomic E-state index is 12.4. The molecule has 0 unspecified atom stereocenters. The van der Waals surface area contributed by atoms with Gasteiger partial charge in [0.2, 0.25) is 0 Å². The van der Waals surface area contributed by atoms with Crippen molar-refractivity contribution >= 4 is 67.8 Å². The highest BCUT2D eigenvalue weighted by Gasteiger charge is 2.24. The van der Waals surface area contributed by atoms with Gasteiger partial charge in [0.25, 0.3) is 11.6 Å². The molecule has 4 rings (SSSR count). The maximum absolute atomic E-state index is 12.4. The molecular formula is C24H17BrClN3O5S. The number of ether oxygens (including phenoxy) is 2. The lowest BCUT2D eigenvalue weighted by molar-refractivity contribution is -0.384. The molecule has 3 aromatic carbocycles. The SMILES string of the molecule is COc1ccc(N=C2NC(=O)/C(=C\c3cc(Cl)c(OCc4ccc([N+](=O)[O-])cc4)c(Br)c3)S2)cc1. The van der Waals surface area contributed by atoms with Crippen molar-refractivity contribution in [3.05, 3.63) is 96.3 Å². The zero-order chi connectivity index (χ0) is 24.9. The van der Waals surface area contributed by atoms with Crippen LogP contribution in [0.5, 0.6) is 11.5 Å². The van der Waals surface area contributed by atoms with Crippen molar-refractivity contribution in [2.45, 2.75) is 6.61 Å². The first-order valence-electron chi connectivity index (χ1n) is 10.1. The Bertz CT molecular complexity index is 1320. The van der Waals surface area contributed by atoms with Gasteiger partial charge < -0.3 is 14.8 Å². The van der Waals surface area contributed by atoms with Gasteiger partial charge in [0.15, 0.2) is 10.9 Å². The third kappa shape index (κ3) is 6.21. The Balaban J connectivity index is 1.46. The van der Waals surface area contributed by atoms with Crippen molar-refractivity contribution in [1.82, 2.24) is 5.32 Å². The minimum absolute atomic E-state index is 0.0105. The summed E-state index contributed by atoms with van der Waals surface area (Å²) in [4.78, 5) is 27.7. The van der Waals surface area contributed by atoms with E-state index in [2.05, 4.69) is 26.2 Å². The molecule has 0 atom stereocenters. The first-order chi connectivity index (χ1) is 16.8. The molecule has 0 spiro atoms. The van der Waals surface area contributed by atoms with E-state index in [0.717, 1.165) is 11.3 Å². The van der Waals surface area contributed by atoms with Crippen LogP contribution in [0, 0.1) is 10.1 Å². The second kappa shape index (κ2) is 10.9. The van der Waals surface area contributed by atoms with Crippen LogP contribution in [0.2, 0.25) is 5.02 Å². The number of rotatable bonds is 7. The van der Waals surface area contributed by atoms with Crippen molar-refractivity contribution in [2.75, 3.05) is 7.11 Å². The van der Waals surface area contributed by atoms with Crippen LogP contribution in [-0.2, 0) is 11.4 Å². The van der Waals surface area contributed by atoms with E-state index in [-0.39, 0.29) is 18.2 Å². The van der Waals surface area contributed by atoms with E-state index in [0.29, 0.717) is 36.6 Å². The fourth-order valence-electron chi connectivity index (χ4n) is 3.08. The van der Waals surface area contributed by atoms with E-state index < -0.39 is 4.92 Å². The minimum Gasteiger partial charge on any atom is -0.497 e. The molecule has 0 radical (unpaired) electrons. The van der Waals surface area contributed by atoms with Gasteiger partial charge in [0.05, 0.1) is 32.1 Å². The van der Waals surface area contributed by atoms with Crippen LogP contribution in [0.25, 0.3) is 6.08 Å². The van der Waals surface area contributed by atoms with Gasteiger partial charge >= 0.3 is 0 Å². The Morgan fingerprint density at radius 1 is 1.17 bits per heavy atom. The van der Waals surface area contributed by atoms with Crippen LogP contribution in [0.1, 0.15) is 11.1 Å². The first kappa shape index (κ1) is 24.8. The largest absolute Gasteiger partial charge is 0.497 e. The summed E-state index contributed by atoms with van der Waals surface area (Å²) in [6.07, 6.45) is 1.72. The number of benzene rings is 3. The highest BCUT2D eigenvalue weighted by molar-refractivity contribution is 9.10. The molecule has 1 amide bonds. The summed E-state index contributed by atoms with van der Waals surface area (Å²) in [6, 6.07) is 16.7. The Morgan fingerprint density at radius 3 is 2.51 bits per heavy atom. The first-order valence-corrected chi connectivity index (χ1v) is 12.1. The number of hydrogen-bond acceptors (Lipinski definition) is 7. The molecule has 1 fully saturated rings. The van der Waals surface area contributed by atoms with E-state index in [1.165, 1.54) is 23.9 Å². The number of thioether (sulfide) groups is 1. The molecule has 8 nitrogen and oxygen atoms in total. The highest BCUT2D eigenvalue weighted by atomic mass is 79.9. The number of nitrogens with one attached hydrogen (secondary N) is 1. The summed E-state index contributed by atoms with van der Waals surface area (Å²) in [5.74, 6) is 0.894. The van der Waals surface area contributed by atoms with Crippen LogP contribution in [0.15, 0.2) is 75.0 Å². The molecule has 0 saturated carbocycles. The average Bonchev–Trinajstić information content (AvgIpc) is 3.17. The smallest absolute Gasteiger partial charge is 0.269 e. The van der Waals surface area contributed by atoms with Gasteiger partial charge in [-0.1, -0.05) is 11.6 Å². The normalized spacial score (nSPS) is 15.3. The fourth-order valence-corrected chi connectivity index (χ4v) is 4.91. The van der Waals surface area contributed by atoms with Crippen molar-refractivity contribution in [3.8, 4) is 11.5 Å². The molecule has 35 heavy (non-hydrogen) atoms. The fraction of sp³-hybridized carbons (Fsp3) is 0.0833. The second-order valence-corrected chi connectivity index (χ2v) is 9.50. The topological polar surface area (TPSA) is 103 Å². The molecule has 1 saturated heterocycles. The molecular weight excluding hydrogens is 558 g/mol. The van der Waals surface area contributed by atoms with Gasteiger partial charge in [-0.05, 0) is 93.4 Å². The Labute approximate surface area is 218 Å². The number of halogens is 2. The van der Waals surface area contributed by atoms with Gasteiger partial charge in [0, 0.05) is 12.1 Å². The quantitative estimate of drug-likeness (QED) is 0.197. The van der Waals surface area contributed by atoms with Gasteiger partial charge in [-0.15, -0.1) is 0 Å². The van der Waals surface area contributed by atoms with Crippen molar-refractivity contribution in [1.29, 1.82) is 0 Å². The van der Waals surface area contributed by atoms with Crippen LogP contribution >= 0.6 is 39.3 Å². The van der Waals surface area contributed by atoms with Gasteiger partial charge in [0.1, 0.15) is 12.4 Å². The van der Waals surface area contributed by atoms with Crippen LogP contribution in [0.3, 0.4) is 0 Å². The Morgan fingerprint density at radius 2 is 1.89 bits per heavy atom. The third-order valence-electron chi connectivity index (χ3n) is 4.80. The number of aliphatic imine (C=N–C) groups is 1. The predicted octanol–water partition coefficient (Wildman–Crippen LogP) is 6.49. The molecule has 1 aliphatic heterocycles. The highest BCUT2D eigenvalue weighted by Crippen LogP contribution is 2.37. The lowest BCUT2D eigenvalue weighted by Gasteiger charge is -2.11. The second-order valence-electron chi connectivity index (χ2n) is 7.21.